The highest BCUT2D eigenvalue weighted by atomic mass is 35.5. The molecular formula is C29H40ClN3O5. The Morgan fingerprint density at radius 2 is 1.68 bits per heavy atom. The van der Waals surface area contributed by atoms with Gasteiger partial charge in [0.2, 0.25) is 5.91 Å². The van der Waals surface area contributed by atoms with Crippen LogP contribution in [0.3, 0.4) is 0 Å². The van der Waals surface area contributed by atoms with Crippen LogP contribution < -0.4 is 10.6 Å². The van der Waals surface area contributed by atoms with Gasteiger partial charge in [-0.1, -0.05) is 55.8 Å². The number of alkyl carbamates (subject to hydrolysis) is 1. The first-order chi connectivity index (χ1) is 17.7. The molecule has 0 aromatic heterocycles. The predicted molar refractivity (Wildman–Crippen MR) is 150 cm³/mol. The van der Waals surface area contributed by atoms with Gasteiger partial charge < -0.3 is 25.4 Å². The molecule has 0 saturated heterocycles. The summed E-state index contributed by atoms with van der Waals surface area (Å²) in [6.45, 7) is 13.9. The van der Waals surface area contributed by atoms with Crippen molar-refractivity contribution in [2.45, 2.75) is 73.1 Å². The van der Waals surface area contributed by atoms with Crippen LogP contribution in [0.15, 0.2) is 36.4 Å². The first-order valence-electron chi connectivity index (χ1n) is 12.7. The smallest absolute Gasteiger partial charge is 0.408 e. The SMILES string of the molecule is Cc1ccc(C(C(=O)Nc2c(C)cccc2Cl)N(CCO)C(=O)C(NC(=O)OC(C)(C)C)C(C)C)cc1C. The third-order valence-corrected chi connectivity index (χ3v) is 6.42. The molecule has 2 rings (SSSR count). The van der Waals surface area contributed by atoms with Gasteiger partial charge in [0.25, 0.3) is 5.91 Å². The Labute approximate surface area is 230 Å². The van der Waals surface area contributed by atoms with Gasteiger partial charge in [0.1, 0.15) is 17.7 Å². The van der Waals surface area contributed by atoms with Crippen molar-refractivity contribution in [1.82, 2.24) is 10.2 Å². The van der Waals surface area contributed by atoms with E-state index in [0.717, 1.165) is 16.7 Å². The summed E-state index contributed by atoms with van der Waals surface area (Å²) in [7, 11) is 0. The molecule has 2 atom stereocenters. The van der Waals surface area contributed by atoms with E-state index in [-0.39, 0.29) is 19.1 Å². The summed E-state index contributed by atoms with van der Waals surface area (Å²) in [5.74, 6) is -1.34. The van der Waals surface area contributed by atoms with Gasteiger partial charge in [0.05, 0.1) is 17.3 Å². The van der Waals surface area contributed by atoms with Crippen LogP contribution in [0.1, 0.15) is 62.9 Å². The standard InChI is InChI=1S/C29H40ClN3O5/c1-17(2)23(32-28(37)38-29(6,7)8)27(36)33(14-15-34)25(21-13-12-18(3)20(5)16-21)26(35)31-24-19(4)10-9-11-22(24)30/h9-13,16-17,23,25,34H,14-15H2,1-8H3,(H,31,35)(H,32,37). The van der Waals surface area contributed by atoms with Crippen LogP contribution >= 0.6 is 11.6 Å². The molecule has 3 amide bonds. The fraction of sp³-hybridized carbons (Fsp3) is 0.483. The lowest BCUT2D eigenvalue weighted by atomic mass is 9.96. The van der Waals surface area contributed by atoms with Crippen molar-refractivity contribution >= 4 is 35.2 Å². The predicted octanol–water partition coefficient (Wildman–Crippen LogP) is 5.32. The number of para-hydroxylation sites is 1. The van der Waals surface area contributed by atoms with Crippen molar-refractivity contribution in [1.29, 1.82) is 0 Å². The lowest BCUT2D eigenvalue weighted by molar-refractivity contribution is -0.142. The number of nitrogens with one attached hydrogen (secondary N) is 2. The van der Waals surface area contributed by atoms with E-state index >= 15 is 0 Å². The monoisotopic (exact) mass is 545 g/mol. The van der Waals surface area contributed by atoms with Gasteiger partial charge in [-0.3, -0.25) is 9.59 Å². The Morgan fingerprint density at radius 1 is 1.03 bits per heavy atom. The molecule has 0 aliphatic heterocycles. The minimum absolute atomic E-state index is 0.134. The zero-order valence-corrected chi connectivity index (χ0v) is 24.3. The number of ether oxygens (including phenoxy) is 1. The van der Waals surface area contributed by atoms with Crippen molar-refractivity contribution in [3.05, 3.63) is 63.7 Å². The first-order valence-corrected chi connectivity index (χ1v) is 13.1. The van der Waals surface area contributed by atoms with Crippen LogP contribution in [0.2, 0.25) is 5.02 Å². The van der Waals surface area contributed by atoms with E-state index in [0.29, 0.717) is 16.3 Å². The second-order valence-electron chi connectivity index (χ2n) is 10.8. The number of aryl methyl sites for hydroxylation is 3. The van der Waals surface area contributed by atoms with Gasteiger partial charge in [0, 0.05) is 6.54 Å². The van der Waals surface area contributed by atoms with Gasteiger partial charge in [-0.05, 0) is 75.8 Å². The molecule has 0 fully saturated rings. The number of carbonyl (C=O) groups is 3. The molecule has 2 aromatic carbocycles. The van der Waals surface area contributed by atoms with E-state index in [4.69, 9.17) is 16.3 Å². The minimum Gasteiger partial charge on any atom is -0.444 e. The molecule has 0 aliphatic rings. The normalized spacial score (nSPS) is 13.0. The molecule has 2 aromatic rings. The Kier molecular flexibility index (Phi) is 10.7. The fourth-order valence-electron chi connectivity index (χ4n) is 3.99. The van der Waals surface area contributed by atoms with Crippen molar-refractivity contribution < 1.29 is 24.2 Å². The summed E-state index contributed by atoms with van der Waals surface area (Å²) >= 11 is 6.38. The van der Waals surface area contributed by atoms with Gasteiger partial charge in [0.15, 0.2) is 0 Å². The summed E-state index contributed by atoms with van der Waals surface area (Å²) in [5, 5.41) is 15.8. The number of benzene rings is 2. The van der Waals surface area contributed by atoms with Crippen molar-refractivity contribution in [2.75, 3.05) is 18.5 Å². The van der Waals surface area contributed by atoms with Gasteiger partial charge in [-0.15, -0.1) is 0 Å². The number of hydrogen-bond donors (Lipinski definition) is 3. The third kappa shape index (κ3) is 8.20. The van der Waals surface area contributed by atoms with E-state index in [2.05, 4.69) is 10.6 Å². The molecule has 0 heterocycles. The Balaban J connectivity index is 2.57. The number of carbonyl (C=O) groups excluding carboxylic acids is 3. The second-order valence-corrected chi connectivity index (χ2v) is 11.2. The first kappa shape index (κ1) is 31.1. The summed E-state index contributed by atoms with van der Waals surface area (Å²) in [6.07, 6.45) is -0.743. The molecule has 0 aliphatic carbocycles. The van der Waals surface area contributed by atoms with Gasteiger partial charge in [-0.25, -0.2) is 4.79 Å². The Morgan fingerprint density at radius 3 is 2.21 bits per heavy atom. The zero-order valence-electron chi connectivity index (χ0n) is 23.5. The van der Waals surface area contributed by atoms with Crippen LogP contribution in [-0.4, -0.2) is 52.7 Å². The summed E-state index contributed by atoms with van der Waals surface area (Å²) in [4.78, 5) is 41.7. The topological polar surface area (TPSA) is 108 Å². The molecule has 0 spiro atoms. The number of rotatable bonds is 9. The number of aliphatic hydroxyl groups excluding tert-OH is 1. The third-order valence-electron chi connectivity index (χ3n) is 6.11. The minimum atomic E-state index is -1.11. The largest absolute Gasteiger partial charge is 0.444 e. The average molecular weight is 546 g/mol. The number of nitrogens with zero attached hydrogens (tertiary/aromatic N) is 1. The quantitative estimate of drug-likeness (QED) is 0.395. The van der Waals surface area contributed by atoms with E-state index < -0.39 is 35.6 Å². The average Bonchev–Trinajstić information content (AvgIpc) is 2.80. The highest BCUT2D eigenvalue weighted by molar-refractivity contribution is 6.34. The number of anilines is 1. The maximum absolute atomic E-state index is 14.0. The Hall–Kier alpha value is -3.10. The highest BCUT2D eigenvalue weighted by Gasteiger charge is 2.37. The molecule has 38 heavy (non-hydrogen) atoms. The van der Waals surface area contributed by atoms with E-state index in [1.54, 1.807) is 52.8 Å². The maximum Gasteiger partial charge on any atom is 0.408 e. The molecule has 0 radical (unpaired) electrons. The molecule has 2 unspecified atom stereocenters. The van der Waals surface area contributed by atoms with Crippen LogP contribution in [0.5, 0.6) is 0 Å². The number of amides is 3. The van der Waals surface area contributed by atoms with Crippen LogP contribution in [-0.2, 0) is 14.3 Å². The lowest BCUT2D eigenvalue weighted by Crippen LogP contribution is -2.55. The maximum atomic E-state index is 14.0. The van der Waals surface area contributed by atoms with Gasteiger partial charge >= 0.3 is 6.09 Å². The molecular weight excluding hydrogens is 506 g/mol. The Bertz CT molecular complexity index is 1140. The molecule has 8 nitrogen and oxygen atoms in total. The summed E-state index contributed by atoms with van der Waals surface area (Å²) in [6, 6.07) is 8.69. The van der Waals surface area contributed by atoms with Crippen molar-refractivity contribution in [3.8, 4) is 0 Å². The van der Waals surface area contributed by atoms with E-state index in [9.17, 15) is 19.5 Å². The van der Waals surface area contributed by atoms with Crippen LogP contribution in [0.25, 0.3) is 0 Å². The summed E-state index contributed by atoms with van der Waals surface area (Å²) in [5.41, 5.74) is 2.98. The highest BCUT2D eigenvalue weighted by Crippen LogP contribution is 2.30. The van der Waals surface area contributed by atoms with Crippen LogP contribution in [0.4, 0.5) is 10.5 Å². The van der Waals surface area contributed by atoms with E-state index in [1.807, 2.05) is 39.0 Å². The molecule has 0 bridgehead atoms. The number of aliphatic hydroxyl groups is 1. The molecule has 9 heteroatoms. The second kappa shape index (κ2) is 13.1. The molecule has 3 N–H and O–H groups in total. The van der Waals surface area contributed by atoms with Gasteiger partial charge in [-0.2, -0.15) is 0 Å². The number of hydrogen-bond acceptors (Lipinski definition) is 5. The fourth-order valence-corrected chi connectivity index (χ4v) is 4.26. The summed E-state index contributed by atoms with van der Waals surface area (Å²) < 4.78 is 5.37. The molecule has 208 valence electrons. The number of halogens is 1. The van der Waals surface area contributed by atoms with E-state index in [1.165, 1.54) is 4.90 Å². The lowest BCUT2D eigenvalue weighted by Gasteiger charge is -2.35. The molecule has 0 saturated carbocycles. The van der Waals surface area contributed by atoms with Crippen molar-refractivity contribution in [2.24, 2.45) is 5.92 Å². The van der Waals surface area contributed by atoms with Crippen molar-refractivity contribution in [3.63, 3.8) is 0 Å². The zero-order chi connectivity index (χ0) is 28.8. The van der Waals surface area contributed by atoms with Crippen LogP contribution in [0, 0.1) is 26.7 Å².